The number of halogens is 2. The molecule has 0 atom stereocenters. The monoisotopic (exact) mass is 487 g/mol. The highest BCUT2D eigenvalue weighted by molar-refractivity contribution is 5.76. The Bertz CT molecular complexity index is 1490. The van der Waals surface area contributed by atoms with E-state index in [1.165, 1.54) is 17.8 Å². The van der Waals surface area contributed by atoms with Crippen LogP contribution in [0, 0.1) is 6.92 Å². The fourth-order valence-corrected chi connectivity index (χ4v) is 3.46. The van der Waals surface area contributed by atoms with Crippen molar-refractivity contribution >= 4 is 17.1 Å². The first kappa shape index (κ1) is 23.9. The van der Waals surface area contributed by atoms with Crippen LogP contribution in [0.15, 0.2) is 34.1 Å². The van der Waals surface area contributed by atoms with Gasteiger partial charge in [0.2, 0.25) is 5.91 Å². The third-order valence-electron chi connectivity index (χ3n) is 5.32. The van der Waals surface area contributed by atoms with Crippen molar-refractivity contribution in [1.29, 1.82) is 0 Å². The second-order valence-corrected chi connectivity index (χ2v) is 8.18. The summed E-state index contributed by atoms with van der Waals surface area (Å²) in [5, 5.41) is 10.1. The number of carbonyl (C=O) groups excluding carboxylic acids is 1. The second kappa shape index (κ2) is 9.56. The molecule has 184 valence electrons. The third-order valence-corrected chi connectivity index (χ3v) is 5.32. The molecule has 0 fully saturated rings. The largest absolute Gasteiger partial charge is 0.356 e. The summed E-state index contributed by atoms with van der Waals surface area (Å²) in [6.07, 6.45) is 2.53. The number of hydrogen-bond acceptors (Lipinski definition) is 7. The van der Waals surface area contributed by atoms with E-state index in [-0.39, 0.29) is 30.6 Å². The molecule has 4 aromatic rings. The van der Waals surface area contributed by atoms with Crippen molar-refractivity contribution < 1.29 is 13.6 Å². The highest BCUT2D eigenvalue weighted by atomic mass is 19.3. The molecule has 3 N–H and O–H groups in total. The van der Waals surface area contributed by atoms with E-state index in [9.17, 15) is 23.2 Å². The minimum absolute atomic E-state index is 0.0346. The molecule has 0 aliphatic carbocycles. The standard InChI is InChI=1S/C21H23F2N9O3/c1-12-5-7-24-13(9-12)14-10-32(30-29-14)11-21(22,23)6-8-25-16(33)4-3-15-26-17-18(27-15)31(2)20(35)28-19(17)34/h5,7,9-10H,3-4,6,8,11H2,1-2H3,(H,25,33)(H,26,27)(H,28,34,35). The van der Waals surface area contributed by atoms with Gasteiger partial charge in [0.1, 0.15) is 23.6 Å². The Hall–Kier alpha value is -4.23. The van der Waals surface area contributed by atoms with Crippen molar-refractivity contribution in [1.82, 2.24) is 44.8 Å². The number of imidazole rings is 1. The van der Waals surface area contributed by atoms with Crippen LogP contribution in [0.4, 0.5) is 8.78 Å². The minimum Gasteiger partial charge on any atom is -0.356 e. The molecule has 0 saturated heterocycles. The van der Waals surface area contributed by atoms with Crippen molar-refractivity contribution in [2.75, 3.05) is 6.54 Å². The molecule has 4 rings (SSSR count). The Morgan fingerprint density at radius 2 is 2.03 bits per heavy atom. The maximum atomic E-state index is 14.4. The van der Waals surface area contributed by atoms with E-state index < -0.39 is 36.0 Å². The van der Waals surface area contributed by atoms with E-state index in [0.29, 0.717) is 17.2 Å². The Kier molecular flexibility index (Phi) is 6.53. The van der Waals surface area contributed by atoms with Crippen molar-refractivity contribution in [2.45, 2.75) is 38.7 Å². The highest BCUT2D eigenvalue weighted by Crippen LogP contribution is 2.21. The van der Waals surface area contributed by atoms with Gasteiger partial charge in [0.25, 0.3) is 11.5 Å². The number of alkyl halides is 2. The van der Waals surface area contributed by atoms with Crippen LogP contribution in [0.2, 0.25) is 0 Å². The normalized spacial score (nSPS) is 11.8. The zero-order valence-corrected chi connectivity index (χ0v) is 19.0. The van der Waals surface area contributed by atoms with Gasteiger partial charge in [-0.1, -0.05) is 5.21 Å². The number of amides is 1. The highest BCUT2D eigenvalue weighted by Gasteiger charge is 2.30. The van der Waals surface area contributed by atoms with E-state index in [1.54, 1.807) is 12.3 Å². The average Bonchev–Trinajstić information content (AvgIpc) is 3.43. The summed E-state index contributed by atoms with van der Waals surface area (Å²) in [6, 6.07) is 3.60. The molecule has 0 unspecified atom stereocenters. The molecule has 14 heteroatoms. The molecule has 1 amide bonds. The Balaban J connectivity index is 1.26. The fraction of sp³-hybridized carbons (Fsp3) is 0.381. The average molecular weight is 487 g/mol. The molecule has 12 nitrogen and oxygen atoms in total. The Morgan fingerprint density at radius 3 is 2.80 bits per heavy atom. The van der Waals surface area contributed by atoms with Gasteiger partial charge < -0.3 is 10.3 Å². The molecule has 0 aliphatic rings. The van der Waals surface area contributed by atoms with Gasteiger partial charge in [0.05, 0.1) is 11.9 Å². The van der Waals surface area contributed by atoms with Gasteiger partial charge in [-0.15, -0.1) is 5.10 Å². The van der Waals surface area contributed by atoms with Crippen LogP contribution in [0.1, 0.15) is 24.2 Å². The maximum absolute atomic E-state index is 14.4. The maximum Gasteiger partial charge on any atom is 0.329 e. The number of carbonyl (C=O) groups is 1. The van der Waals surface area contributed by atoms with E-state index >= 15 is 0 Å². The molecular formula is C21H23F2N9O3. The fourth-order valence-electron chi connectivity index (χ4n) is 3.46. The van der Waals surface area contributed by atoms with Crippen LogP contribution in [0.25, 0.3) is 22.6 Å². The zero-order chi connectivity index (χ0) is 25.2. The molecule has 0 aliphatic heterocycles. The van der Waals surface area contributed by atoms with Crippen LogP contribution >= 0.6 is 0 Å². The number of H-pyrrole nitrogens is 2. The van der Waals surface area contributed by atoms with E-state index in [0.717, 1.165) is 10.2 Å². The van der Waals surface area contributed by atoms with Gasteiger partial charge in [-0.3, -0.25) is 24.1 Å². The van der Waals surface area contributed by atoms with Crippen molar-refractivity contribution in [3.05, 3.63) is 56.8 Å². The summed E-state index contributed by atoms with van der Waals surface area (Å²) >= 11 is 0. The zero-order valence-electron chi connectivity index (χ0n) is 19.0. The lowest BCUT2D eigenvalue weighted by atomic mass is 10.2. The number of aromatic nitrogens is 8. The van der Waals surface area contributed by atoms with Gasteiger partial charge in [0, 0.05) is 39.1 Å². The lowest BCUT2D eigenvalue weighted by Gasteiger charge is -2.16. The molecule has 35 heavy (non-hydrogen) atoms. The molecule has 4 heterocycles. The first-order valence-corrected chi connectivity index (χ1v) is 10.8. The van der Waals surface area contributed by atoms with Crippen molar-refractivity contribution in [2.24, 2.45) is 7.05 Å². The second-order valence-electron chi connectivity index (χ2n) is 8.18. The minimum atomic E-state index is -3.12. The van der Waals surface area contributed by atoms with Crippen LogP contribution < -0.4 is 16.6 Å². The van der Waals surface area contributed by atoms with E-state index in [4.69, 9.17) is 0 Å². The van der Waals surface area contributed by atoms with Crippen molar-refractivity contribution in [3.8, 4) is 11.4 Å². The number of hydrogen-bond donors (Lipinski definition) is 3. The lowest BCUT2D eigenvalue weighted by molar-refractivity contribution is -0.121. The first-order chi connectivity index (χ1) is 16.6. The number of pyridine rings is 1. The predicted molar refractivity (Wildman–Crippen MR) is 121 cm³/mol. The topological polar surface area (TPSA) is 156 Å². The third kappa shape index (κ3) is 5.65. The number of rotatable bonds is 9. The lowest BCUT2D eigenvalue weighted by Crippen LogP contribution is -2.32. The molecule has 0 bridgehead atoms. The van der Waals surface area contributed by atoms with Gasteiger partial charge in [-0.25, -0.2) is 23.2 Å². The number of nitrogens with zero attached hydrogens (tertiary/aromatic N) is 6. The number of aryl methyl sites for hydroxylation is 3. The van der Waals surface area contributed by atoms with Crippen molar-refractivity contribution in [3.63, 3.8) is 0 Å². The van der Waals surface area contributed by atoms with Crippen LogP contribution in [0.5, 0.6) is 0 Å². The Morgan fingerprint density at radius 1 is 1.23 bits per heavy atom. The van der Waals surface area contributed by atoms with E-state index in [1.807, 2.05) is 13.0 Å². The van der Waals surface area contributed by atoms with Crippen LogP contribution in [-0.2, 0) is 24.8 Å². The Labute approximate surface area is 196 Å². The smallest absolute Gasteiger partial charge is 0.329 e. The molecular weight excluding hydrogens is 464 g/mol. The summed E-state index contributed by atoms with van der Waals surface area (Å²) in [5.74, 6) is -3.24. The summed E-state index contributed by atoms with van der Waals surface area (Å²) in [5.41, 5.74) is 0.981. The summed E-state index contributed by atoms with van der Waals surface area (Å²) < 4.78 is 31.0. The van der Waals surface area contributed by atoms with Gasteiger partial charge in [-0.05, 0) is 24.6 Å². The van der Waals surface area contributed by atoms with Gasteiger partial charge in [0.15, 0.2) is 5.65 Å². The number of aromatic amines is 2. The molecule has 0 radical (unpaired) electrons. The predicted octanol–water partition coefficient (Wildman–Crippen LogP) is 0.686. The van der Waals surface area contributed by atoms with E-state index in [2.05, 4.69) is 35.6 Å². The molecule has 4 aromatic heterocycles. The summed E-state index contributed by atoms with van der Waals surface area (Å²) in [6.45, 7) is 0.967. The summed E-state index contributed by atoms with van der Waals surface area (Å²) in [7, 11) is 1.46. The van der Waals surface area contributed by atoms with Gasteiger partial charge in [-0.2, -0.15) is 0 Å². The van der Waals surface area contributed by atoms with Crippen LogP contribution in [0.3, 0.4) is 0 Å². The van der Waals surface area contributed by atoms with Gasteiger partial charge >= 0.3 is 5.69 Å². The molecule has 0 saturated carbocycles. The molecule has 0 aromatic carbocycles. The van der Waals surface area contributed by atoms with Crippen LogP contribution in [-0.4, -0.2) is 57.9 Å². The SMILES string of the molecule is Cc1ccnc(-c2cn(CC(F)(F)CCNC(=O)CCc3nc4c([nH]3)c(=O)[nH]c(=O)n4C)nn2)c1. The number of fused-ring (bicyclic) bond motifs is 1. The first-order valence-electron chi connectivity index (χ1n) is 10.8. The quantitative estimate of drug-likeness (QED) is 0.313. The number of nitrogens with one attached hydrogen (secondary N) is 3. The summed E-state index contributed by atoms with van der Waals surface area (Å²) in [4.78, 5) is 48.8. The molecule has 0 spiro atoms.